The van der Waals surface area contributed by atoms with E-state index in [0.29, 0.717) is 23.0 Å². The molecule has 0 atom stereocenters. The number of aryl methyl sites for hydroxylation is 1. The summed E-state index contributed by atoms with van der Waals surface area (Å²) in [5.74, 6) is 1.70. The van der Waals surface area contributed by atoms with Gasteiger partial charge < -0.3 is 15.0 Å². The van der Waals surface area contributed by atoms with Crippen LogP contribution in [0.2, 0.25) is 0 Å². The van der Waals surface area contributed by atoms with Gasteiger partial charge >= 0.3 is 0 Å². The van der Waals surface area contributed by atoms with Crippen LogP contribution in [0.3, 0.4) is 0 Å². The van der Waals surface area contributed by atoms with Crippen LogP contribution in [0.25, 0.3) is 11.2 Å². The zero-order valence-corrected chi connectivity index (χ0v) is 13.2. The quantitative estimate of drug-likeness (QED) is 0.753. The number of hydrogen-bond donors (Lipinski definition) is 2. The molecule has 0 bridgehead atoms. The van der Waals surface area contributed by atoms with Crippen LogP contribution in [0.1, 0.15) is 12.5 Å². The van der Waals surface area contributed by atoms with Gasteiger partial charge in [-0.15, -0.1) is 0 Å². The van der Waals surface area contributed by atoms with Gasteiger partial charge in [-0.2, -0.15) is 9.97 Å². The number of imidazole rings is 1. The van der Waals surface area contributed by atoms with Crippen molar-refractivity contribution in [1.29, 1.82) is 0 Å². The molecule has 0 aliphatic carbocycles. The molecular formula is C14H14BrN5O. The highest BCUT2D eigenvalue weighted by molar-refractivity contribution is 9.10. The third kappa shape index (κ3) is 2.82. The molecule has 0 saturated heterocycles. The smallest absolute Gasteiger partial charge is 0.250 e. The molecule has 2 aromatic heterocycles. The molecule has 0 unspecified atom stereocenters. The fourth-order valence-corrected chi connectivity index (χ4v) is 2.42. The van der Waals surface area contributed by atoms with E-state index < -0.39 is 0 Å². The standard InChI is InChI=1S/C14H14BrN5O/c1-3-16-14-19-12-11(17-7-18-12)13(20-14)21-10-5-4-9(15)6-8(10)2/h4-7H,3H2,1-2H3,(H2,16,17,18,19,20). The van der Waals surface area contributed by atoms with E-state index in [1.807, 2.05) is 32.0 Å². The first-order valence-electron chi connectivity index (χ1n) is 6.56. The maximum absolute atomic E-state index is 5.94. The van der Waals surface area contributed by atoms with Gasteiger partial charge in [0.15, 0.2) is 5.65 Å². The minimum atomic E-state index is 0.457. The number of nitrogens with one attached hydrogen (secondary N) is 2. The molecule has 6 nitrogen and oxygen atoms in total. The molecule has 0 fully saturated rings. The Labute approximate surface area is 130 Å². The van der Waals surface area contributed by atoms with Crippen molar-refractivity contribution in [2.24, 2.45) is 0 Å². The number of hydrogen-bond acceptors (Lipinski definition) is 5. The Hall–Kier alpha value is -2.15. The molecule has 3 aromatic rings. The van der Waals surface area contributed by atoms with Gasteiger partial charge in [0.2, 0.25) is 5.95 Å². The van der Waals surface area contributed by atoms with Crippen LogP contribution < -0.4 is 10.1 Å². The molecule has 2 heterocycles. The van der Waals surface area contributed by atoms with Crippen molar-refractivity contribution in [3.05, 3.63) is 34.6 Å². The molecule has 3 rings (SSSR count). The molecule has 7 heteroatoms. The normalized spacial score (nSPS) is 10.8. The van der Waals surface area contributed by atoms with Crippen LogP contribution in [0.4, 0.5) is 5.95 Å². The van der Waals surface area contributed by atoms with Crippen molar-refractivity contribution in [3.8, 4) is 11.6 Å². The number of benzene rings is 1. The lowest BCUT2D eigenvalue weighted by Crippen LogP contribution is -2.03. The molecule has 0 amide bonds. The van der Waals surface area contributed by atoms with Gasteiger partial charge in [-0.1, -0.05) is 15.9 Å². The fraction of sp³-hybridized carbons (Fsp3) is 0.214. The number of anilines is 1. The van der Waals surface area contributed by atoms with Gasteiger partial charge in [0.25, 0.3) is 5.88 Å². The van der Waals surface area contributed by atoms with E-state index in [9.17, 15) is 0 Å². The predicted octanol–water partition coefficient (Wildman–Crippen LogP) is 3.65. The summed E-state index contributed by atoms with van der Waals surface area (Å²) < 4.78 is 6.95. The first kappa shape index (κ1) is 13.8. The summed E-state index contributed by atoms with van der Waals surface area (Å²) in [6, 6.07) is 5.82. The lowest BCUT2D eigenvalue weighted by Gasteiger charge is -2.10. The third-order valence-electron chi connectivity index (χ3n) is 2.93. The van der Waals surface area contributed by atoms with Crippen molar-refractivity contribution in [2.75, 3.05) is 11.9 Å². The molecule has 2 N–H and O–H groups in total. The lowest BCUT2D eigenvalue weighted by atomic mass is 10.2. The van der Waals surface area contributed by atoms with Crippen molar-refractivity contribution in [3.63, 3.8) is 0 Å². The summed E-state index contributed by atoms with van der Waals surface area (Å²) in [5.41, 5.74) is 2.27. The Morgan fingerprint density at radius 3 is 2.95 bits per heavy atom. The molecule has 21 heavy (non-hydrogen) atoms. The molecule has 0 aliphatic heterocycles. The Morgan fingerprint density at radius 1 is 1.33 bits per heavy atom. The maximum Gasteiger partial charge on any atom is 0.250 e. The van der Waals surface area contributed by atoms with Crippen LogP contribution in [-0.2, 0) is 0 Å². The van der Waals surface area contributed by atoms with E-state index in [2.05, 4.69) is 41.2 Å². The minimum Gasteiger partial charge on any atom is -0.437 e. The number of aromatic amines is 1. The Kier molecular flexibility index (Phi) is 3.74. The van der Waals surface area contributed by atoms with Crippen molar-refractivity contribution < 1.29 is 4.74 Å². The first-order valence-corrected chi connectivity index (χ1v) is 7.35. The van der Waals surface area contributed by atoms with Crippen LogP contribution >= 0.6 is 15.9 Å². The Morgan fingerprint density at radius 2 is 2.19 bits per heavy atom. The highest BCUT2D eigenvalue weighted by Crippen LogP contribution is 2.30. The van der Waals surface area contributed by atoms with E-state index in [1.54, 1.807) is 6.33 Å². The van der Waals surface area contributed by atoms with Crippen LogP contribution in [-0.4, -0.2) is 26.5 Å². The van der Waals surface area contributed by atoms with Crippen molar-refractivity contribution in [2.45, 2.75) is 13.8 Å². The summed E-state index contributed by atoms with van der Waals surface area (Å²) in [5, 5.41) is 3.08. The van der Waals surface area contributed by atoms with E-state index in [4.69, 9.17) is 4.74 Å². The minimum absolute atomic E-state index is 0.457. The highest BCUT2D eigenvalue weighted by atomic mass is 79.9. The van der Waals surface area contributed by atoms with Crippen molar-refractivity contribution in [1.82, 2.24) is 19.9 Å². The van der Waals surface area contributed by atoms with E-state index in [-0.39, 0.29) is 0 Å². The van der Waals surface area contributed by atoms with Gasteiger partial charge in [0.1, 0.15) is 11.3 Å². The van der Waals surface area contributed by atoms with Gasteiger partial charge in [-0.3, -0.25) is 0 Å². The zero-order chi connectivity index (χ0) is 14.8. The van der Waals surface area contributed by atoms with Gasteiger partial charge in [0.05, 0.1) is 6.33 Å². The molecule has 0 aliphatic rings. The summed E-state index contributed by atoms with van der Waals surface area (Å²) in [6.07, 6.45) is 1.58. The van der Waals surface area contributed by atoms with Crippen LogP contribution in [0.5, 0.6) is 11.6 Å². The summed E-state index contributed by atoms with van der Waals surface area (Å²) in [6.45, 7) is 4.70. The largest absolute Gasteiger partial charge is 0.437 e. The molecule has 1 aromatic carbocycles. The number of H-pyrrole nitrogens is 1. The highest BCUT2D eigenvalue weighted by Gasteiger charge is 2.13. The van der Waals surface area contributed by atoms with Gasteiger partial charge in [-0.25, -0.2) is 4.98 Å². The number of halogens is 1. The molecule has 0 radical (unpaired) electrons. The maximum atomic E-state index is 5.94. The molecule has 0 spiro atoms. The van der Waals surface area contributed by atoms with Gasteiger partial charge in [0, 0.05) is 11.0 Å². The van der Waals surface area contributed by atoms with Crippen LogP contribution in [0, 0.1) is 6.92 Å². The zero-order valence-electron chi connectivity index (χ0n) is 11.6. The second-order valence-electron chi connectivity index (χ2n) is 4.50. The second-order valence-corrected chi connectivity index (χ2v) is 5.41. The topological polar surface area (TPSA) is 75.7 Å². The van der Waals surface area contributed by atoms with Crippen LogP contribution in [0.15, 0.2) is 29.0 Å². The summed E-state index contributed by atoms with van der Waals surface area (Å²) in [7, 11) is 0. The number of ether oxygens (including phenoxy) is 1. The fourth-order valence-electron chi connectivity index (χ4n) is 1.95. The Balaban J connectivity index is 2.04. The number of fused-ring (bicyclic) bond motifs is 1. The molecular weight excluding hydrogens is 334 g/mol. The monoisotopic (exact) mass is 347 g/mol. The van der Waals surface area contributed by atoms with Crippen molar-refractivity contribution >= 4 is 33.0 Å². The number of nitrogens with zero attached hydrogens (tertiary/aromatic N) is 3. The van der Waals surface area contributed by atoms with Gasteiger partial charge in [-0.05, 0) is 37.6 Å². The Bertz CT molecular complexity index is 786. The number of aromatic nitrogens is 4. The third-order valence-corrected chi connectivity index (χ3v) is 3.42. The molecule has 108 valence electrons. The number of rotatable bonds is 4. The van der Waals surface area contributed by atoms with E-state index >= 15 is 0 Å². The summed E-state index contributed by atoms with van der Waals surface area (Å²) in [4.78, 5) is 15.9. The lowest BCUT2D eigenvalue weighted by molar-refractivity contribution is 0.464. The summed E-state index contributed by atoms with van der Waals surface area (Å²) >= 11 is 3.44. The molecule has 0 saturated carbocycles. The average Bonchev–Trinajstić information content (AvgIpc) is 2.91. The second kappa shape index (κ2) is 5.69. The predicted molar refractivity (Wildman–Crippen MR) is 84.8 cm³/mol. The SMILES string of the molecule is CCNc1nc(Oc2ccc(Br)cc2C)c2[nH]cnc2n1. The average molecular weight is 348 g/mol. The van der Waals surface area contributed by atoms with E-state index in [1.165, 1.54) is 0 Å². The first-order chi connectivity index (χ1) is 10.2. The van der Waals surface area contributed by atoms with E-state index in [0.717, 1.165) is 22.3 Å².